The maximum absolute atomic E-state index is 13.7. The van der Waals surface area contributed by atoms with Gasteiger partial charge in [0, 0.05) is 42.7 Å². The second-order valence-corrected chi connectivity index (χ2v) is 12.3. The Hall–Kier alpha value is -4.90. The van der Waals surface area contributed by atoms with Crippen LogP contribution < -0.4 is 14.8 Å². The number of halogens is 1. The number of benzene rings is 3. The molecule has 2 atom stereocenters. The smallest absolute Gasteiger partial charge is 0.270 e. The van der Waals surface area contributed by atoms with E-state index in [4.69, 9.17) is 14.2 Å². The summed E-state index contributed by atoms with van der Waals surface area (Å²) in [4.78, 5) is 46.3. The normalized spacial score (nSPS) is 19.1. The van der Waals surface area contributed by atoms with E-state index >= 15 is 0 Å². The van der Waals surface area contributed by atoms with E-state index in [0.717, 1.165) is 5.56 Å². The Labute approximate surface area is 266 Å². The molecule has 0 radical (unpaired) electrons. The third kappa shape index (κ3) is 7.15. The molecule has 0 unspecified atom stereocenters. The van der Waals surface area contributed by atoms with Crippen LogP contribution in [0.2, 0.25) is 0 Å². The van der Waals surface area contributed by atoms with Gasteiger partial charge in [-0.3, -0.25) is 14.4 Å². The van der Waals surface area contributed by atoms with Crippen molar-refractivity contribution in [2.24, 2.45) is 5.92 Å². The number of fused-ring (bicyclic) bond motifs is 6. The van der Waals surface area contributed by atoms with E-state index in [1.165, 1.54) is 17.0 Å². The number of carbonyl (C=O) groups excluding carboxylic acids is 3. The largest absolute Gasteiger partial charge is 0.493 e. The van der Waals surface area contributed by atoms with Crippen LogP contribution in [0.4, 0.5) is 4.39 Å². The topological polar surface area (TPSA) is 113 Å². The van der Waals surface area contributed by atoms with Crippen molar-refractivity contribution in [3.63, 3.8) is 0 Å². The number of rotatable bonds is 4. The van der Waals surface area contributed by atoms with Gasteiger partial charge in [0.25, 0.3) is 11.8 Å². The van der Waals surface area contributed by atoms with Crippen molar-refractivity contribution in [1.82, 2.24) is 20.1 Å². The van der Waals surface area contributed by atoms with E-state index in [2.05, 4.69) is 10.3 Å². The maximum atomic E-state index is 13.7. The monoisotopic (exact) mass is 628 g/mol. The van der Waals surface area contributed by atoms with Crippen molar-refractivity contribution >= 4 is 28.6 Å². The Morgan fingerprint density at radius 1 is 1.07 bits per heavy atom. The lowest BCUT2D eigenvalue weighted by atomic mass is 10.0. The zero-order chi connectivity index (χ0) is 32.4. The lowest BCUT2D eigenvalue weighted by Gasteiger charge is -2.38. The number of aromatic nitrogens is 1. The number of aromatic amines is 1. The van der Waals surface area contributed by atoms with Gasteiger partial charge in [-0.1, -0.05) is 26.0 Å². The molecule has 2 N–H and O–H groups in total. The second-order valence-electron chi connectivity index (χ2n) is 12.3. The molecular formula is C35H37FN4O6. The van der Waals surface area contributed by atoms with Crippen LogP contribution in [0.25, 0.3) is 10.9 Å². The fourth-order valence-corrected chi connectivity index (χ4v) is 5.72. The van der Waals surface area contributed by atoms with Crippen LogP contribution in [0.1, 0.15) is 46.7 Å². The van der Waals surface area contributed by atoms with Crippen molar-refractivity contribution in [2.75, 3.05) is 33.3 Å². The highest BCUT2D eigenvalue weighted by molar-refractivity contribution is 5.98. The molecule has 46 heavy (non-hydrogen) atoms. The number of hydrogen-bond donors (Lipinski definition) is 2. The molecule has 4 bridgehead atoms. The molecule has 1 fully saturated rings. The SMILES string of the molecule is CC(C)COc1cc2cc(c1)C(=O)N(C)CC(=O)N[C@H]1CCN(C(=O)c3cc4cc(F)ccc4[nH]3)C[C@@H]1OCc1cccc(c1)O2. The van der Waals surface area contributed by atoms with Crippen molar-refractivity contribution in [1.29, 1.82) is 0 Å². The molecule has 1 aromatic heterocycles. The minimum atomic E-state index is -0.532. The Morgan fingerprint density at radius 2 is 1.91 bits per heavy atom. The van der Waals surface area contributed by atoms with E-state index in [-0.39, 0.29) is 49.2 Å². The highest BCUT2D eigenvalue weighted by Gasteiger charge is 2.34. The summed E-state index contributed by atoms with van der Waals surface area (Å²) < 4.78 is 32.2. The van der Waals surface area contributed by atoms with Crippen molar-refractivity contribution in [3.8, 4) is 17.2 Å². The summed E-state index contributed by atoms with van der Waals surface area (Å²) in [5.41, 5.74) is 2.18. The summed E-state index contributed by atoms with van der Waals surface area (Å²) in [6.07, 6.45) is -0.0912. The van der Waals surface area contributed by atoms with Crippen LogP contribution in [-0.4, -0.2) is 77.9 Å². The molecule has 10 nitrogen and oxygen atoms in total. The number of piperidine rings is 1. The molecule has 2 aliphatic rings. The average molecular weight is 629 g/mol. The van der Waals surface area contributed by atoms with Crippen LogP contribution in [-0.2, 0) is 16.1 Å². The maximum Gasteiger partial charge on any atom is 0.270 e. The van der Waals surface area contributed by atoms with Crippen LogP contribution in [0.15, 0.2) is 66.7 Å². The summed E-state index contributed by atoms with van der Waals surface area (Å²) in [5.74, 6) is 0.442. The lowest BCUT2D eigenvalue weighted by molar-refractivity contribution is -0.124. The van der Waals surface area contributed by atoms with Gasteiger partial charge in [0.15, 0.2) is 0 Å². The molecule has 1 saturated heterocycles. The third-order valence-corrected chi connectivity index (χ3v) is 8.04. The third-order valence-electron chi connectivity index (χ3n) is 8.04. The van der Waals surface area contributed by atoms with Crippen molar-refractivity contribution < 1.29 is 33.0 Å². The summed E-state index contributed by atoms with van der Waals surface area (Å²) >= 11 is 0. The van der Waals surface area contributed by atoms with Gasteiger partial charge >= 0.3 is 0 Å². The number of likely N-dealkylation sites (N-methyl/N-ethyl adjacent to an activating group) is 1. The molecule has 2 aliphatic heterocycles. The van der Waals surface area contributed by atoms with Gasteiger partial charge in [-0.25, -0.2) is 4.39 Å². The average Bonchev–Trinajstić information content (AvgIpc) is 3.45. The van der Waals surface area contributed by atoms with Gasteiger partial charge in [0.1, 0.15) is 28.8 Å². The van der Waals surface area contributed by atoms with Gasteiger partial charge in [-0.05, 0) is 66.4 Å². The van der Waals surface area contributed by atoms with Gasteiger partial charge in [-0.2, -0.15) is 0 Å². The number of amides is 3. The molecule has 3 aromatic carbocycles. The number of carbonyl (C=O) groups is 3. The molecule has 3 heterocycles. The zero-order valence-corrected chi connectivity index (χ0v) is 26.0. The first-order chi connectivity index (χ1) is 22.1. The van der Waals surface area contributed by atoms with Crippen LogP contribution in [0, 0.1) is 11.7 Å². The van der Waals surface area contributed by atoms with E-state index in [9.17, 15) is 18.8 Å². The number of hydrogen-bond acceptors (Lipinski definition) is 6. The molecule has 6 rings (SSSR count). The molecule has 240 valence electrons. The highest BCUT2D eigenvalue weighted by atomic mass is 19.1. The van der Waals surface area contributed by atoms with Gasteiger partial charge < -0.3 is 34.3 Å². The molecule has 0 saturated carbocycles. The van der Waals surface area contributed by atoms with Gasteiger partial charge in [-0.15, -0.1) is 0 Å². The minimum absolute atomic E-state index is 0.178. The number of nitrogens with zero attached hydrogens (tertiary/aromatic N) is 2. The van der Waals surface area contributed by atoms with Gasteiger partial charge in [0.05, 0.1) is 31.9 Å². The molecule has 11 heteroatoms. The van der Waals surface area contributed by atoms with Crippen molar-refractivity contribution in [2.45, 2.75) is 39.0 Å². The Morgan fingerprint density at radius 3 is 2.74 bits per heavy atom. The fraction of sp³-hybridized carbons (Fsp3) is 0.343. The van der Waals surface area contributed by atoms with E-state index in [1.54, 1.807) is 42.3 Å². The Balaban J connectivity index is 1.25. The number of H-pyrrole nitrogens is 1. The van der Waals surface area contributed by atoms with Crippen LogP contribution >= 0.6 is 0 Å². The predicted molar refractivity (Wildman–Crippen MR) is 170 cm³/mol. The molecule has 3 amide bonds. The van der Waals surface area contributed by atoms with E-state index in [1.807, 2.05) is 38.1 Å². The second kappa shape index (κ2) is 13.2. The zero-order valence-electron chi connectivity index (χ0n) is 26.0. The van der Waals surface area contributed by atoms with E-state index in [0.29, 0.717) is 59.0 Å². The highest BCUT2D eigenvalue weighted by Crippen LogP contribution is 2.30. The minimum Gasteiger partial charge on any atom is -0.493 e. The number of nitrogens with one attached hydrogen (secondary N) is 2. The first kappa shape index (κ1) is 31.1. The summed E-state index contributed by atoms with van der Waals surface area (Å²) in [5, 5.41) is 3.65. The standard InChI is InChI=1S/C35H37FN4O6/c1-21(2)19-44-27-13-24-14-28(16-27)46-26-6-4-5-22(11-26)20-45-32-17-40(10-9-30(32)38-33(41)18-39(3)34(24)42)35(43)31-15-23-12-25(36)7-8-29(23)37-31/h4-8,11-16,21,30,32,37H,9-10,17-20H2,1-3H3,(H,38,41)/t30-,32-/m0/s1. The molecular weight excluding hydrogens is 591 g/mol. The van der Waals surface area contributed by atoms with Crippen molar-refractivity contribution in [3.05, 3.63) is 89.4 Å². The van der Waals surface area contributed by atoms with Crippen LogP contribution in [0.3, 0.4) is 0 Å². The Kier molecular flexibility index (Phi) is 8.94. The summed E-state index contributed by atoms with van der Waals surface area (Å²) in [6.45, 7) is 5.17. The molecule has 0 aliphatic carbocycles. The lowest BCUT2D eigenvalue weighted by Crippen LogP contribution is -2.57. The molecule has 0 spiro atoms. The predicted octanol–water partition coefficient (Wildman–Crippen LogP) is 5.14. The first-order valence-electron chi connectivity index (χ1n) is 15.4. The number of ether oxygens (including phenoxy) is 3. The van der Waals surface area contributed by atoms with Gasteiger partial charge in [0.2, 0.25) is 5.91 Å². The van der Waals surface area contributed by atoms with Crippen LogP contribution in [0.5, 0.6) is 17.2 Å². The first-order valence-corrected chi connectivity index (χ1v) is 15.4. The number of likely N-dealkylation sites (tertiary alicyclic amines) is 1. The fourth-order valence-electron chi connectivity index (χ4n) is 5.72. The quantitative estimate of drug-likeness (QED) is 0.324. The Bertz CT molecular complexity index is 1770. The molecule has 4 aromatic rings. The summed E-state index contributed by atoms with van der Waals surface area (Å²) in [6, 6.07) is 18.0. The summed E-state index contributed by atoms with van der Waals surface area (Å²) in [7, 11) is 1.57. The van der Waals surface area contributed by atoms with E-state index < -0.39 is 12.1 Å².